The molecular weight excluding hydrogens is 346 g/mol. The fourth-order valence-corrected chi connectivity index (χ4v) is 3.37. The average Bonchev–Trinajstić information content (AvgIpc) is 2.97. The topological polar surface area (TPSA) is 46.6 Å². The van der Waals surface area contributed by atoms with E-state index in [2.05, 4.69) is 22.9 Å². The number of ketones is 1. The standard InChI is InChI=1S/C17H22BrNO3/c1-2-6-14-10-19(11-15(14)16(20)9-18)17(21)22-12-13-7-4-3-5-8-13/h3-5,7-8,14-15H,2,6,9-12H2,1H3/t14-,15+/m1/s1. The number of likely N-dealkylation sites (tertiary alicyclic amines) is 1. The summed E-state index contributed by atoms with van der Waals surface area (Å²) in [7, 11) is 0. The summed E-state index contributed by atoms with van der Waals surface area (Å²) in [6, 6.07) is 9.61. The van der Waals surface area contributed by atoms with Crippen LogP contribution in [0.1, 0.15) is 25.3 Å². The molecule has 1 aromatic rings. The van der Waals surface area contributed by atoms with Gasteiger partial charge in [-0.3, -0.25) is 4.79 Å². The normalized spacial score (nSPS) is 20.9. The number of Topliss-reactive ketones (excluding diaryl/α,β-unsaturated/α-hetero) is 1. The van der Waals surface area contributed by atoms with Gasteiger partial charge in [0.1, 0.15) is 12.4 Å². The Balaban J connectivity index is 1.91. The third-order valence-electron chi connectivity index (χ3n) is 4.11. The van der Waals surface area contributed by atoms with E-state index in [0.717, 1.165) is 18.4 Å². The van der Waals surface area contributed by atoms with Crippen LogP contribution in [-0.2, 0) is 16.1 Å². The highest BCUT2D eigenvalue weighted by atomic mass is 79.9. The van der Waals surface area contributed by atoms with Crippen molar-refractivity contribution in [2.45, 2.75) is 26.4 Å². The third kappa shape index (κ3) is 4.32. The Morgan fingerprint density at radius 3 is 2.64 bits per heavy atom. The van der Waals surface area contributed by atoms with Crippen molar-refractivity contribution in [2.75, 3.05) is 18.4 Å². The maximum atomic E-state index is 12.2. The van der Waals surface area contributed by atoms with Crippen LogP contribution in [0.5, 0.6) is 0 Å². The first-order chi connectivity index (χ1) is 10.7. The number of benzene rings is 1. The Morgan fingerprint density at radius 1 is 1.27 bits per heavy atom. The lowest BCUT2D eigenvalue weighted by Crippen LogP contribution is -2.30. The second-order valence-electron chi connectivity index (χ2n) is 5.70. The van der Waals surface area contributed by atoms with Gasteiger partial charge in [0, 0.05) is 19.0 Å². The molecule has 1 saturated heterocycles. The summed E-state index contributed by atoms with van der Waals surface area (Å²) in [5.74, 6) is 0.361. The van der Waals surface area contributed by atoms with Crippen LogP contribution >= 0.6 is 15.9 Å². The minimum atomic E-state index is -0.324. The van der Waals surface area contributed by atoms with Gasteiger partial charge in [-0.1, -0.05) is 59.6 Å². The SMILES string of the molecule is CCC[C@@H]1CN(C(=O)OCc2ccccc2)C[C@@H]1C(=O)CBr. The number of ether oxygens (including phenoxy) is 1. The lowest BCUT2D eigenvalue weighted by molar-refractivity contribution is -0.120. The van der Waals surface area contributed by atoms with E-state index in [1.165, 1.54) is 0 Å². The summed E-state index contributed by atoms with van der Waals surface area (Å²) in [4.78, 5) is 25.9. The second kappa shape index (κ2) is 8.32. The predicted octanol–water partition coefficient (Wildman–Crippen LogP) is 3.64. The maximum Gasteiger partial charge on any atom is 0.410 e. The van der Waals surface area contributed by atoms with E-state index in [-0.39, 0.29) is 30.3 Å². The number of carbonyl (C=O) groups is 2. The van der Waals surface area contributed by atoms with Crippen molar-refractivity contribution in [2.24, 2.45) is 11.8 Å². The van der Waals surface area contributed by atoms with Gasteiger partial charge in [-0.25, -0.2) is 4.79 Å². The van der Waals surface area contributed by atoms with E-state index in [1.54, 1.807) is 4.90 Å². The molecule has 2 rings (SSSR count). The van der Waals surface area contributed by atoms with Gasteiger partial charge in [-0.2, -0.15) is 0 Å². The molecule has 1 aliphatic heterocycles. The van der Waals surface area contributed by atoms with Gasteiger partial charge < -0.3 is 9.64 Å². The molecule has 22 heavy (non-hydrogen) atoms. The highest BCUT2D eigenvalue weighted by molar-refractivity contribution is 9.09. The summed E-state index contributed by atoms with van der Waals surface area (Å²) in [6.07, 6.45) is 1.66. The van der Waals surface area contributed by atoms with Crippen molar-refractivity contribution >= 4 is 27.8 Å². The van der Waals surface area contributed by atoms with Gasteiger partial charge >= 0.3 is 6.09 Å². The van der Waals surface area contributed by atoms with E-state index in [9.17, 15) is 9.59 Å². The lowest BCUT2D eigenvalue weighted by Gasteiger charge is -2.16. The zero-order valence-electron chi connectivity index (χ0n) is 12.8. The van der Waals surface area contributed by atoms with Crippen LogP contribution in [-0.4, -0.2) is 35.2 Å². The van der Waals surface area contributed by atoms with Crippen molar-refractivity contribution in [3.8, 4) is 0 Å². The fraction of sp³-hybridized carbons (Fsp3) is 0.529. The maximum absolute atomic E-state index is 12.2. The molecule has 0 radical (unpaired) electrons. The summed E-state index contributed by atoms with van der Waals surface area (Å²) in [6.45, 7) is 3.46. The van der Waals surface area contributed by atoms with Crippen LogP contribution in [0, 0.1) is 11.8 Å². The number of carbonyl (C=O) groups excluding carboxylic acids is 2. The molecule has 0 bridgehead atoms. The molecule has 1 fully saturated rings. The Kier molecular flexibility index (Phi) is 6.43. The van der Waals surface area contributed by atoms with E-state index in [4.69, 9.17) is 4.74 Å². The van der Waals surface area contributed by atoms with E-state index in [0.29, 0.717) is 18.4 Å². The number of hydrogen-bond donors (Lipinski definition) is 0. The average molecular weight is 368 g/mol. The molecule has 5 heteroatoms. The van der Waals surface area contributed by atoms with E-state index < -0.39 is 0 Å². The van der Waals surface area contributed by atoms with Crippen molar-refractivity contribution in [1.82, 2.24) is 4.90 Å². The highest BCUT2D eigenvalue weighted by Crippen LogP contribution is 2.29. The first kappa shape index (κ1) is 17.0. The quantitative estimate of drug-likeness (QED) is 0.721. The Labute approximate surface area is 140 Å². The van der Waals surface area contributed by atoms with E-state index >= 15 is 0 Å². The monoisotopic (exact) mass is 367 g/mol. The first-order valence-corrected chi connectivity index (χ1v) is 8.82. The molecule has 0 unspecified atom stereocenters. The molecule has 1 amide bonds. The third-order valence-corrected chi connectivity index (χ3v) is 4.66. The summed E-state index contributed by atoms with van der Waals surface area (Å²) < 4.78 is 5.36. The van der Waals surface area contributed by atoms with Crippen LogP contribution in [0.25, 0.3) is 0 Å². The van der Waals surface area contributed by atoms with E-state index in [1.807, 2.05) is 30.3 Å². The number of nitrogens with zero attached hydrogens (tertiary/aromatic N) is 1. The molecule has 120 valence electrons. The van der Waals surface area contributed by atoms with Gasteiger partial charge in [0.05, 0.1) is 5.33 Å². The van der Waals surface area contributed by atoms with Crippen LogP contribution in [0.2, 0.25) is 0 Å². The zero-order chi connectivity index (χ0) is 15.9. The number of amides is 1. The van der Waals surface area contributed by atoms with Crippen molar-refractivity contribution in [1.29, 1.82) is 0 Å². The number of halogens is 1. The fourth-order valence-electron chi connectivity index (χ4n) is 2.96. The van der Waals surface area contributed by atoms with Gasteiger partial charge in [-0.05, 0) is 17.9 Å². The summed E-state index contributed by atoms with van der Waals surface area (Å²) in [5.41, 5.74) is 0.966. The molecule has 1 aromatic carbocycles. The van der Waals surface area contributed by atoms with Crippen LogP contribution < -0.4 is 0 Å². The van der Waals surface area contributed by atoms with Crippen LogP contribution in [0.3, 0.4) is 0 Å². The van der Waals surface area contributed by atoms with Crippen molar-refractivity contribution in [3.05, 3.63) is 35.9 Å². The second-order valence-corrected chi connectivity index (χ2v) is 6.26. The lowest BCUT2D eigenvalue weighted by atomic mass is 9.89. The first-order valence-electron chi connectivity index (χ1n) is 7.70. The summed E-state index contributed by atoms with van der Waals surface area (Å²) in [5, 5.41) is 0.352. The zero-order valence-corrected chi connectivity index (χ0v) is 14.4. The van der Waals surface area contributed by atoms with Gasteiger partial charge in [0.2, 0.25) is 0 Å². The van der Waals surface area contributed by atoms with Crippen LogP contribution in [0.4, 0.5) is 4.79 Å². The molecule has 0 spiro atoms. The minimum Gasteiger partial charge on any atom is -0.445 e. The molecule has 2 atom stereocenters. The predicted molar refractivity (Wildman–Crippen MR) is 88.9 cm³/mol. The minimum absolute atomic E-state index is 0.0661. The van der Waals surface area contributed by atoms with Gasteiger partial charge in [0.25, 0.3) is 0 Å². The Hall–Kier alpha value is -1.36. The Bertz CT molecular complexity index is 506. The van der Waals surface area contributed by atoms with Crippen molar-refractivity contribution < 1.29 is 14.3 Å². The molecule has 0 saturated carbocycles. The van der Waals surface area contributed by atoms with Crippen molar-refractivity contribution in [3.63, 3.8) is 0 Å². The molecular formula is C17H22BrNO3. The number of rotatable bonds is 6. The number of hydrogen-bond acceptors (Lipinski definition) is 3. The molecule has 0 N–H and O–H groups in total. The molecule has 1 aliphatic rings. The molecule has 0 aliphatic carbocycles. The molecule has 4 nitrogen and oxygen atoms in total. The molecule has 1 heterocycles. The Morgan fingerprint density at radius 2 is 2.00 bits per heavy atom. The number of alkyl halides is 1. The molecule has 0 aromatic heterocycles. The largest absolute Gasteiger partial charge is 0.445 e. The van der Waals surface area contributed by atoms with Gasteiger partial charge in [0.15, 0.2) is 0 Å². The summed E-state index contributed by atoms with van der Waals surface area (Å²) >= 11 is 3.24. The smallest absolute Gasteiger partial charge is 0.410 e. The highest BCUT2D eigenvalue weighted by Gasteiger charge is 2.38. The van der Waals surface area contributed by atoms with Gasteiger partial charge in [-0.15, -0.1) is 0 Å². The van der Waals surface area contributed by atoms with Crippen LogP contribution in [0.15, 0.2) is 30.3 Å².